The van der Waals surface area contributed by atoms with Crippen LogP contribution in [0.5, 0.6) is 11.5 Å². The van der Waals surface area contributed by atoms with E-state index in [1.54, 1.807) is 29.5 Å². The lowest BCUT2D eigenvalue weighted by atomic mass is 9.67. The largest absolute Gasteiger partial charge is 0.504 e. The van der Waals surface area contributed by atoms with Crippen molar-refractivity contribution in [3.8, 4) is 11.5 Å². The molecule has 3 aliphatic rings. The van der Waals surface area contributed by atoms with Gasteiger partial charge in [0.1, 0.15) is 11.9 Å². The maximum atomic E-state index is 13.7. The molecule has 2 saturated carbocycles. The monoisotopic (exact) mass is 493 g/mol. The van der Waals surface area contributed by atoms with Crippen molar-refractivity contribution in [3.63, 3.8) is 0 Å². The van der Waals surface area contributed by atoms with Crippen molar-refractivity contribution >= 4 is 28.8 Å². The molecule has 7 heteroatoms. The summed E-state index contributed by atoms with van der Waals surface area (Å²) in [6, 6.07) is 9.19. The van der Waals surface area contributed by atoms with E-state index in [1.807, 2.05) is 25.3 Å². The minimum absolute atomic E-state index is 0.0313. The van der Waals surface area contributed by atoms with Gasteiger partial charge in [-0.05, 0) is 75.1 Å². The van der Waals surface area contributed by atoms with E-state index in [-0.39, 0.29) is 29.5 Å². The summed E-state index contributed by atoms with van der Waals surface area (Å²) < 4.78 is 11.5. The normalized spacial score (nSPS) is 24.8. The summed E-state index contributed by atoms with van der Waals surface area (Å²) in [6.07, 6.45) is 4.88. The number of ketones is 1. The lowest BCUT2D eigenvalue weighted by Crippen LogP contribution is -2.41. The van der Waals surface area contributed by atoms with Crippen LogP contribution in [-0.4, -0.2) is 35.3 Å². The number of fused-ring (bicyclic) bond motifs is 1. The van der Waals surface area contributed by atoms with Gasteiger partial charge in [0.05, 0.1) is 18.1 Å². The molecule has 6 nitrogen and oxygen atoms in total. The molecule has 1 aromatic carbocycles. The van der Waals surface area contributed by atoms with E-state index in [0.717, 1.165) is 37.0 Å². The molecule has 3 atom stereocenters. The Hall–Kier alpha value is -2.93. The first kappa shape index (κ1) is 23.8. The first-order chi connectivity index (χ1) is 17.0. The second-order valence-corrected chi connectivity index (χ2v) is 10.6. The van der Waals surface area contributed by atoms with Crippen LogP contribution in [-0.2, 0) is 14.3 Å². The summed E-state index contributed by atoms with van der Waals surface area (Å²) in [5.41, 5.74) is 2.63. The first-order valence-electron chi connectivity index (χ1n) is 12.5. The predicted molar refractivity (Wildman–Crippen MR) is 135 cm³/mol. The summed E-state index contributed by atoms with van der Waals surface area (Å²) in [4.78, 5) is 33.2. The molecule has 0 saturated heterocycles. The number of hydrogen-bond acceptors (Lipinski definition) is 7. The van der Waals surface area contributed by atoms with E-state index in [9.17, 15) is 14.7 Å². The number of rotatable bonds is 6. The van der Waals surface area contributed by atoms with Crippen molar-refractivity contribution < 1.29 is 24.2 Å². The fraction of sp³-hybridized carbons (Fsp3) is 0.464. The molecule has 1 aromatic heterocycles. The summed E-state index contributed by atoms with van der Waals surface area (Å²) in [7, 11) is 0. The Bertz CT molecular complexity index is 1180. The van der Waals surface area contributed by atoms with Gasteiger partial charge in [0.25, 0.3) is 0 Å². The molecule has 1 N–H and O–H groups in total. The third kappa shape index (κ3) is 4.66. The quantitative estimate of drug-likeness (QED) is 0.506. The summed E-state index contributed by atoms with van der Waals surface area (Å²) >= 11 is 1.66. The Kier molecular flexibility index (Phi) is 6.78. The third-order valence-corrected chi connectivity index (χ3v) is 8.37. The molecule has 1 aliphatic heterocycles. The van der Waals surface area contributed by atoms with E-state index in [4.69, 9.17) is 14.5 Å². The molecular weight excluding hydrogens is 462 g/mol. The molecule has 2 heterocycles. The molecule has 2 aliphatic carbocycles. The van der Waals surface area contributed by atoms with Crippen LogP contribution in [0.3, 0.4) is 0 Å². The number of aliphatic imine (C=N–C) groups is 1. The van der Waals surface area contributed by atoms with Crippen molar-refractivity contribution in [2.75, 3.05) is 6.61 Å². The average Bonchev–Trinajstić information content (AvgIpc) is 3.54. The maximum absolute atomic E-state index is 13.7. The zero-order valence-corrected chi connectivity index (χ0v) is 21.0. The third-order valence-electron chi connectivity index (χ3n) is 7.34. The molecular formula is C28H31NO5S. The summed E-state index contributed by atoms with van der Waals surface area (Å²) in [6.45, 7) is 4.08. The van der Waals surface area contributed by atoms with Crippen molar-refractivity contribution in [2.24, 2.45) is 10.9 Å². The van der Waals surface area contributed by atoms with Gasteiger partial charge in [0.15, 0.2) is 11.5 Å². The van der Waals surface area contributed by atoms with Crippen LogP contribution in [0.25, 0.3) is 0 Å². The smallest absolute Gasteiger partial charge is 0.336 e. The first-order valence-corrected chi connectivity index (χ1v) is 13.3. The Labute approximate surface area is 209 Å². The molecule has 0 amide bonds. The Balaban J connectivity index is 1.57. The van der Waals surface area contributed by atoms with Crippen LogP contribution in [0.15, 0.2) is 52.0 Å². The number of aromatic hydroxyl groups is 1. The molecule has 5 rings (SSSR count). The van der Waals surface area contributed by atoms with Gasteiger partial charge in [-0.1, -0.05) is 12.1 Å². The fourth-order valence-corrected chi connectivity index (χ4v) is 6.57. The number of benzene rings is 1. The van der Waals surface area contributed by atoms with E-state index in [0.29, 0.717) is 36.5 Å². The molecule has 2 aromatic rings. The van der Waals surface area contributed by atoms with Gasteiger partial charge in [-0.15, -0.1) is 11.3 Å². The minimum atomic E-state index is -0.528. The number of esters is 1. The lowest BCUT2D eigenvalue weighted by Gasteiger charge is -2.38. The maximum Gasteiger partial charge on any atom is 0.336 e. The highest BCUT2D eigenvalue weighted by molar-refractivity contribution is 7.10. The van der Waals surface area contributed by atoms with Crippen LogP contribution in [0, 0.1) is 5.92 Å². The van der Waals surface area contributed by atoms with Crippen LogP contribution < -0.4 is 4.74 Å². The van der Waals surface area contributed by atoms with E-state index in [2.05, 4.69) is 6.07 Å². The van der Waals surface area contributed by atoms with Crippen molar-refractivity contribution in [3.05, 3.63) is 57.4 Å². The van der Waals surface area contributed by atoms with Gasteiger partial charge < -0.3 is 14.6 Å². The van der Waals surface area contributed by atoms with Crippen LogP contribution >= 0.6 is 11.3 Å². The van der Waals surface area contributed by atoms with Gasteiger partial charge in [-0.25, -0.2) is 4.79 Å². The summed E-state index contributed by atoms with van der Waals surface area (Å²) in [5.74, 6) is -0.868. The molecule has 2 fully saturated rings. The van der Waals surface area contributed by atoms with Gasteiger partial charge in [0.2, 0.25) is 0 Å². The van der Waals surface area contributed by atoms with E-state index in [1.165, 1.54) is 4.88 Å². The number of phenols is 1. The minimum Gasteiger partial charge on any atom is -0.504 e. The van der Waals surface area contributed by atoms with Gasteiger partial charge in [-0.2, -0.15) is 0 Å². The van der Waals surface area contributed by atoms with E-state index >= 15 is 0 Å². The number of nitrogens with zero attached hydrogens (tertiary/aromatic N) is 1. The molecule has 0 radical (unpaired) electrons. The average molecular weight is 494 g/mol. The summed E-state index contributed by atoms with van der Waals surface area (Å²) in [5, 5.41) is 12.3. The van der Waals surface area contributed by atoms with Crippen molar-refractivity contribution in [1.82, 2.24) is 0 Å². The number of thiophene rings is 1. The number of phenolic OH excluding ortho intramolecular Hbond substituents is 1. The van der Waals surface area contributed by atoms with Crippen LogP contribution in [0.1, 0.15) is 74.6 Å². The topological polar surface area (TPSA) is 85.2 Å². The molecule has 35 heavy (non-hydrogen) atoms. The number of carbonyl (C=O) groups is 2. The lowest BCUT2D eigenvalue weighted by molar-refractivity contribution is -0.144. The van der Waals surface area contributed by atoms with Crippen LogP contribution in [0.4, 0.5) is 0 Å². The molecule has 0 spiro atoms. The Morgan fingerprint density at radius 1 is 1.17 bits per heavy atom. The molecule has 184 valence electrons. The van der Waals surface area contributed by atoms with Gasteiger partial charge in [-0.3, -0.25) is 9.79 Å². The highest BCUT2D eigenvalue weighted by atomic mass is 32.1. The Morgan fingerprint density at radius 3 is 2.69 bits per heavy atom. The molecule has 0 bridgehead atoms. The number of Topliss-reactive ketones (excluding diaryl/α,β-unsaturated/α-hetero) is 1. The van der Waals surface area contributed by atoms with Gasteiger partial charge >= 0.3 is 5.97 Å². The number of ether oxygens (including phenoxy) is 2. The molecule has 1 unspecified atom stereocenters. The second-order valence-electron chi connectivity index (χ2n) is 9.62. The zero-order valence-electron chi connectivity index (χ0n) is 20.2. The predicted octanol–water partition coefficient (Wildman–Crippen LogP) is 5.91. The fourth-order valence-electron chi connectivity index (χ4n) is 5.74. The van der Waals surface area contributed by atoms with Crippen molar-refractivity contribution in [2.45, 2.75) is 70.3 Å². The number of carbonyl (C=O) groups excluding carboxylic acids is 2. The Morgan fingerprint density at radius 2 is 1.97 bits per heavy atom. The van der Waals surface area contributed by atoms with E-state index < -0.39 is 11.8 Å². The highest BCUT2D eigenvalue weighted by Gasteiger charge is 2.46. The van der Waals surface area contributed by atoms with Crippen molar-refractivity contribution in [1.29, 1.82) is 0 Å². The highest BCUT2D eigenvalue weighted by Crippen LogP contribution is 2.48. The standard InChI is InChI=1S/C28H31NO5S/c1-3-33-23-15-17(10-11-21(23)30)26-25(28(32)34-19-7-4-5-8-19)16(2)29-20-13-18(14-22(31)27(20)26)24-9-6-12-35-24/h6,9-12,15,18-19,26-27,30H,3-5,7-8,13-14H2,1-2H3/t18-,26-,27?/m1/s1. The number of hydrogen-bond donors (Lipinski definition) is 1. The SMILES string of the molecule is CCOc1cc([C@@H]2C(C(=O)OC3CCCC3)=C(C)N=C3C[C@@H](c4cccs4)CC(=O)C32)ccc1O. The second kappa shape index (κ2) is 9.97. The van der Waals surface area contributed by atoms with Crippen LogP contribution in [0.2, 0.25) is 0 Å². The number of allylic oxidation sites excluding steroid dienone is 1. The zero-order chi connectivity index (χ0) is 24.5. The van der Waals surface area contributed by atoms with Gasteiger partial charge in [0, 0.05) is 34.5 Å².